The molecule has 0 unspecified atom stereocenters. The van der Waals surface area contributed by atoms with Crippen LogP contribution in [-0.4, -0.2) is 38.4 Å². The van der Waals surface area contributed by atoms with Gasteiger partial charge in [0, 0.05) is 21.5 Å². The van der Waals surface area contributed by atoms with Crippen molar-refractivity contribution in [2.24, 2.45) is 11.8 Å². The third kappa shape index (κ3) is 7.96. The Hall–Kier alpha value is -3.28. The molecule has 0 N–H and O–H groups in total. The molecule has 6 nitrogen and oxygen atoms in total. The second-order valence-electron chi connectivity index (χ2n) is 12.0. The van der Waals surface area contributed by atoms with Gasteiger partial charge in [-0.25, -0.2) is 9.59 Å². The lowest BCUT2D eigenvalue weighted by Crippen LogP contribution is -2.18. The van der Waals surface area contributed by atoms with Gasteiger partial charge in [0.05, 0.1) is 13.2 Å². The maximum atomic E-state index is 12.7. The third-order valence-electron chi connectivity index (χ3n) is 9.09. The van der Waals surface area contributed by atoms with E-state index >= 15 is 0 Å². The van der Waals surface area contributed by atoms with Crippen LogP contribution in [0.5, 0.6) is 11.5 Å². The molecule has 2 aliphatic carbocycles. The molecule has 0 aromatic heterocycles. The van der Waals surface area contributed by atoms with E-state index in [1.807, 2.05) is 30.3 Å². The second-order valence-corrected chi connectivity index (χ2v) is 12.0. The summed E-state index contributed by atoms with van der Waals surface area (Å²) < 4.78 is 23.5. The van der Waals surface area contributed by atoms with Crippen LogP contribution in [-0.2, 0) is 25.5 Å². The normalized spacial score (nSPS) is 16.4. The fourth-order valence-electron chi connectivity index (χ4n) is 6.65. The number of aryl methyl sites for hydroxylation is 1. The quantitative estimate of drug-likeness (QED) is 0.151. The van der Waals surface area contributed by atoms with Crippen LogP contribution in [0, 0.1) is 11.8 Å². The van der Waals surface area contributed by atoms with Gasteiger partial charge in [-0.3, -0.25) is 0 Å². The first-order chi connectivity index (χ1) is 20.6. The molecule has 2 saturated carbocycles. The summed E-state index contributed by atoms with van der Waals surface area (Å²) in [4.78, 5) is 25.3. The summed E-state index contributed by atoms with van der Waals surface area (Å²) in [5, 5.41) is 3.34. The Bertz CT molecular complexity index is 1340. The van der Waals surface area contributed by atoms with Gasteiger partial charge in [-0.2, -0.15) is 0 Å². The maximum absolute atomic E-state index is 12.7. The topological polar surface area (TPSA) is 71.1 Å². The molecule has 3 aromatic carbocycles. The van der Waals surface area contributed by atoms with Crippen LogP contribution in [0.15, 0.2) is 42.5 Å². The summed E-state index contributed by atoms with van der Waals surface area (Å²) in [6.07, 6.45) is 15.4. The molecular weight excluding hydrogens is 528 g/mol. The van der Waals surface area contributed by atoms with Crippen molar-refractivity contribution in [2.45, 2.75) is 90.4 Å². The summed E-state index contributed by atoms with van der Waals surface area (Å²) in [6, 6.07) is 14.0. The third-order valence-corrected chi connectivity index (χ3v) is 9.09. The van der Waals surface area contributed by atoms with Gasteiger partial charge in [0.1, 0.15) is 11.5 Å². The largest absolute Gasteiger partial charge is 0.481 e. The summed E-state index contributed by atoms with van der Waals surface area (Å²) in [5.74, 6) is 1.86. The molecule has 0 heterocycles. The number of hydrogen-bond donors (Lipinski definition) is 0. The van der Waals surface area contributed by atoms with Crippen molar-refractivity contribution in [1.82, 2.24) is 0 Å². The van der Waals surface area contributed by atoms with Crippen molar-refractivity contribution in [1.29, 1.82) is 0 Å². The fraction of sp³-hybridized carbons (Fsp3) is 0.556. The monoisotopic (exact) mass is 574 g/mol. The lowest BCUT2D eigenvalue weighted by Gasteiger charge is -2.21. The van der Waals surface area contributed by atoms with E-state index in [-0.39, 0.29) is 25.2 Å². The predicted molar refractivity (Wildman–Crippen MR) is 166 cm³/mol. The highest BCUT2D eigenvalue weighted by Gasteiger charge is 2.20. The summed E-state index contributed by atoms with van der Waals surface area (Å²) in [6.45, 7) is 2.67. The molecule has 0 saturated heterocycles. The van der Waals surface area contributed by atoms with E-state index in [4.69, 9.17) is 18.9 Å². The van der Waals surface area contributed by atoms with E-state index in [0.29, 0.717) is 36.5 Å². The van der Waals surface area contributed by atoms with Gasteiger partial charge in [-0.15, -0.1) is 0 Å². The van der Waals surface area contributed by atoms with Gasteiger partial charge in [-0.1, -0.05) is 108 Å². The minimum atomic E-state index is -0.357. The highest BCUT2D eigenvalue weighted by Crippen LogP contribution is 2.43. The average Bonchev–Trinajstić information content (AvgIpc) is 3.03. The minimum Gasteiger partial charge on any atom is -0.481 e. The number of esters is 2. The van der Waals surface area contributed by atoms with Crippen molar-refractivity contribution in [3.05, 3.63) is 48.0 Å². The Balaban J connectivity index is 1.28. The van der Waals surface area contributed by atoms with Gasteiger partial charge >= 0.3 is 11.9 Å². The molecule has 0 aliphatic heterocycles. The Morgan fingerprint density at radius 3 is 1.62 bits per heavy atom. The number of benzene rings is 3. The van der Waals surface area contributed by atoms with Gasteiger partial charge in [-0.05, 0) is 42.7 Å². The lowest BCUT2D eigenvalue weighted by molar-refractivity contribution is -0.147. The first-order valence-corrected chi connectivity index (χ1v) is 16.2. The molecule has 0 bridgehead atoms. The zero-order valence-corrected chi connectivity index (χ0v) is 25.2. The number of fused-ring (bicyclic) bond motifs is 2. The molecule has 0 radical (unpaired) electrons. The zero-order chi connectivity index (χ0) is 29.1. The molecule has 5 rings (SSSR count). The van der Waals surface area contributed by atoms with Crippen molar-refractivity contribution in [3.8, 4) is 11.5 Å². The van der Waals surface area contributed by atoms with Crippen molar-refractivity contribution >= 4 is 33.5 Å². The van der Waals surface area contributed by atoms with Crippen LogP contribution < -0.4 is 9.47 Å². The first-order valence-electron chi connectivity index (χ1n) is 16.2. The molecular formula is C36H46O6. The highest BCUT2D eigenvalue weighted by molar-refractivity contribution is 6.11. The minimum absolute atomic E-state index is 0.159. The van der Waals surface area contributed by atoms with Crippen molar-refractivity contribution < 1.29 is 28.5 Å². The molecule has 0 spiro atoms. The second kappa shape index (κ2) is 15.3. The molecule has 3 aromatic rings. The summed E-state index contributed by atoms with van der Waals surface area (Å²) in [7, 11) is 0. The van der Waals surface area contributed by atoms with E-state index in [1.54, 1.807) is 0 Å². The summed E-state index contributed by atoms with van der Waals surface area (Å²) >= 11 is 0. The molecule has 0 amide bonds. The highest BCUT2D eigenvalue weighted by atomic mass is 16.6. The van der Waals surface area contributed by atoms with Crippen LogP contribution in [0.4, 0.5) is 0 Å². The number of carbonyl (C=O) groups excluding carboxylic acids is 2. The van der Waals surface area contributed by atoms with Gasteiger partial charge in [0.2, 0.25) is 0 Å². The van der Waals surface area contributed by atoms with Gasteiger partial charge in [0.25, 0.3) is 0 Å². The molecule has 226 valence electrons. The van der Waals surface area contributed by atoms with E-state index in [9.17, 15) is 9.59 Å². The molecule has 42 heavy (non-hydrogen) atoms. The van der Waals surface area contributed by atoms with Crippen LogP contribution in [0.3, 0.4) is 0 Å². The SMILES string of the molecule is CCc1ccc2c(OCC(=O)OCCC3CCCCC3)c3ccccc3c(OCC(=O)OCCC3CCCCC3)c2c1. The van der Waals surface area contributed by atoms with E-state index in [2.05, 4.69) is 19.1 Å². The van der Waals surface area contributed by atoms with E-state index in [1.165, 1.54) is 64.2 Å². The maximum Gasteiger partial charge on any atom is 0.344 e. The Morgan fingerprint density at radius 2 is 1.12 bits per heavy atom. The number of rotatable bonds is 13. The molecule has 2 aliphatic rings. The standard InChI is InChI=1S/C36H46O6/c1-2-26-17-18-31-32(23-26)36(42-25-34(38)40-22-20-28-13-7-4-8-14-28)30-16-10-9-15-29(30)35(31)41-24-33(37)39-21-19-27-11-5-3-6-12-27/h9-10,15-18,23,27-28H,2-8,11-14,19-22,24-25H2,1H3. The zero-order valence-electron chi connectivity index (χ0n) is 25.2. The molecule has 0 atom stereocenters. The molecule has 2 fully saturated rings. The van der Waals surface area contributed by atoms with Gasteiger partial charge < -0.3 is 18.9 Å². The van der Waals surface area contributed by atoms with Crippen LogP contribution in [0.1, 0.15) is 89.5 Å². The molecule has 6 heteroatoms. The number of carbonyl (C=O) groups is 2. The smallest absolute Gasteiger partial charge is 0.344 e. The van der Waals surface area contributed by atoms with Gasteiger partial charge in [0.15, 0.2) is 13.2 Å². The van der Waals surface area contributed by atoms with E-state index in [0.717, 1.165) is 46.4 Å². The number of hydrogen-bond acceptors (Lipinski definition) is 6. The first kappa shape index (κ1) is 30.2. The number of ether oxygens (including phenoxy) is 4. The van der Waals surface area contributed by atoms with E-state index < -0.39 is 0 Å². The fourth-order valence-corrected chi connectivity index (χ4v) is 6.65. The Labute approximate surface area is 250 Å². The summed E-state index contributed by atoms with van der Waals surface area (Å²) in [5.41, 5.74) is 1.14. The van der Waals surface area contributed by atoms with Crippen LogP contribution in [0.25, 0.3) is 21.5 Å². The lowest BCUT2D eigenvalue weighted by atomic mass is 9.87. The van der Waals surface area contributed by atoms with Crippen molar-refractivity contribution in [2.75, 3.05) is 26.4 Å². The average molecular weight is 575 g/mol. The van der Waals surface area contributed by atoms with Crippen molar-refractivity contribution in [3.63, 3.8) is 0 Å². The van der Waals surface area contributed by atoms with Crippen LogP contribution >= 0.6 is 0 Å². The predicted octanol–water partition coefficient (Wildman–Crippen LogP) is 8.34. The Morgan fingerprint density at radius 1 is 0.643 bits per heavy atom. The van der Waals surface area contributed by atoms with Crippen LogP contribution in [0.2, 0.25) is 0 Å². The Kier molecular flexibility index (Phi) is 11.0.